The zero-order chi connectivity index (χ0) is 11.6. The molecule has 0 aromatic heterocycles. The van der Waals surface area contributed by atoms with Crippen molar-refractivity contribution in [2.45, 2.75) is 50.5 Å². The van der Waals surface area contributed by atoms with E-state index in [1.54, 1.807) is 6.92 Å². The van der Waals surface area contributed by atoms with E-state index in [0.29, 0.717) is 0 Å². The van der Waals surface area contributed by atoms with Gasteiger partial charge >= 0.3 is 0 Å². The van der Waals surface area contributed by atoms with E-state index in [1.165, 1.54) is 6.92 Å². The van der Waals surface area contributed by atoms with Crippen molar-refractivity contribution in [1.82, 2.24) is 5.32 Å². The maximum atomic E-state index is 9.74. The van der Waals surface area contributed by atoms with Gasteiger partial charge in [-0.1, -0.05) is 0 Å². The molecule has 15 heavy (non-hydrogen) atoms. The summed E-state index contributed by atoms with van der Waals surface area (Å²) < 4.78 is 5.30. The van der Waals surface area contributed by atoms with Crippen LogP contribution in [0, 0.1) is 0 Å². The lowest BCUT2D eigenvalue weighted by molar-refractivity contribution is -0.193. The van der Waals surface area contributed by atoms with Crippen LogP contribution in [-0.2, 0) is 4.74 Å². The topological polar surface area (TPSA) is 102 Å². The molecular weight excluding hydrogens is 202 g/mol. The standard InChI is InChI=1S/C9H19NO5/c1-4-7(10-5(2)12)9(14)8(13)6(3-11)15-4/h4-14H,3H2,1-2H3/t4?,5?,6-,7+,8+,9-/m1/s1. The fourth-order valence-corrected chi connectivity index (χ4v) is 1.81. The van der Waals surface area contributed by atoms with E-state index in [9.17, 15) is 10.2 Å². The molecule has 6 heteroatoms. The third-order valence-corrected chi connectivity index (χ3v) is 2.61. The van der Waals surface area contributed by atoms with Crippen molar-refractivity contribution in [1.29, 1.82) is 0 Å². The molecular formula is C9H19NO5. The minimum atomic E-state index is -1.15. The highest BCUT2D eigenvalue weighted by molar-refractivity contribution is 4.94. The molecule has 0 amide bonds. The molecule has 1 fully saturated rings. The molecule has 0 spiro atoms. The Kier molecular flexibility index (Phi) is 4.45. The van der Waals surface area contributed by atoms with Crippen molar-refractivity contribution in [3.05, 3.63) is 0 Å². The Morgan fingerprint density at radius 1 is 1.33 bits per heavy atom. The zero-order valence-electron chi connectivity index (χ0n) is 8.87. The number of ether oxygens (including phenoxy) is 1. The normalized spacial score (nSPS) is 44.0. The number of rotatable bonds is 3. The smallest absolute Gasteiger partial charge is 0.110 e. The Labute approximate surface area is 88.5 Å². The predicted molar refractivity (Wildman–Crippen MR) is 52.0 cm³/mol. The van der Waals surface area contributed by atoms with Crippen LogP contribution in [0.25, 0.3) is 0 Å². The molecule has 0 aliphatic carbocycles. The summed E-state index contributed by atoms with van der Waals surface area (Å²) in [4.78, 5) is 0. The van der Waals surface area contributed by atoms with Crippen molar-refractivity contribution in [2.24, 2.45) is 0 Å². The van der Waals surface area contributed by atoms with Crippen molar-refractivity contribution in [3.63, 3.8) is 0 Å². The van der Waals surface area contributed by atoms with Gasteiger partial charge in [0.15, 0.2) is 0 Å². The Balaban J connectivity index is 2.66. The van der Waals surface area contributed by atoms with Gasteiger partial charge in [-0.15, -0.1) is 0 Å². The molecule has 1 heterocycles. The Hall–Kier alpha value is -0.240. The second kappa shape index (κ2) is 5.20. The van der Waals surface area contributed by atoms with Crippen LogP contribution in [0.2, 0.25) is 0 Å². The van der Waals surface area contributed by atoms with Crippen LogP contribution >= 0.6 is 0 Å². The Bertz CT molecular complexity index is 201. The first-order valence-corrected chi connectivity index (χ1v) is 5.04. The van der Waals surface area contributed by atoms with Gasteiger partial charge in [-0.3, -0.25) is 5.32 Å². The minimum Gasteiger partial charge on any atom is -0.394 e. The van der Waals surface area contributed by atoms with Crippen LogP contribution < -0.4 is 5.32 Å². The van der Waals surface area contributed by atoms with E-state index < -0.39 is 36.7 Å². The number of aliphatic hydroxyl groups excluding tert-OH is 4. The summed E-state index contributed by atoms with van der Waals surface area (Å²) in [5, 5.41) is 40.1. The minimum absolute atomic E-state index is 0.343. The van der Waals surface area contributed by atoms with Gasteiger partial charge in [-0.05, 0) is 13.8 Å². The lowest BCUT2D eigenvalue weighted by Gasteiger charge is -2.42. The molecule has 0 radical (unpaired) electrons. The number of aliphatic hydroxyl groups is 4. The fraction of sp³-hybridized carbons (Fsp3) is 1.00. The van der Waals surface area contributed by atoms with E-state index in [2.05, 4.69) is 5.32 Å². The molecule has 90 valence electrons. The highest BCUT2D eigenvalue weighted by atomic mass is 16.5. The van der Waals surface area contributed by atoms with Crippen molar-refractivity contribution < 1.29 is 25.2 Å². The summed E-state index contributed by atoms with van der Waals surface area (Å²) in [6.07, 6.45) is -4.19. The molecule has 1 rings (SSSR count). The molecule has 5 N–H and O–H groups in total. The number of nitrogens with one attached hydrogen (secondary N) is 1. The predicted octanol–water partition coefficient (Wildman–Crippen LogP) is -2.22. The highest BCUT2D eigenvalue weighted by Gasteiger charge is 2.42. The molecule has 2 unspecified atom stereocenters. The van der Waals surface area contributed by atoms with Gasteiger partial charge in [0.25, 0.3) is 0 Å². The van der Waals surface area contributed by atoms with Crippen molar-refractivity contribution in [3.8, 4) is 0 Å². The molecule has 0 aromatic rings. The average molecular weight is 221 g/mol. The van der Waals surface area contributed by atoms with Gasteiger partial charge in [0, 0.05) is 0 Å². The van der Waals surface area contributed by atoms with E-state index in [1.807, 2.05) is 0 Å². The molecule has 1 saturated heterocycles. The molecule has 6 atom stereocenters. The maximum absolute atomic E-state index is 9.74. The molecule has 0 aromatic carbocycles. The Morgan fingerprint density at radius 2 is 1.93 bits per heavy atom. The van der Waals surface area contributed by atoms with E-state index in [-0.39, 0.29) is 6.61 Å². The zero-order valence-corrected chi connectivity index (χ0v) is 8.87. The molecule has 0 bridgehead atoms. The van der Waals surface area contributed by atoms with Gasteiger partial charge in [0.05, 0.1) is 18.8 Å². The number of hydrogen-bond acceptors (Lipinski definition) is 6. The van der Waals surface area contributed by atoms with E-state index in [0.717, 1.165) is 0 Å². The number of hydrogen-bond donors (Lipinski definition) is 5. The van der Waals surface area contributed by atoms with Crippen molar-refractivity contribution in [2.75, 3.05) is 6.61 Å². The van der Waals surface area contributed by atoms with E-state index >= 15 is 0 Å². The third kappa shape index (κ3) is 2.87. The molecule has 0 saturated carbocycles. The van der Waals surface area contributed by atoms with E-state index in [4.69, 9.17) is 14.9 Å². The van der Waals surface area contributed by atoms with Gasteiger partial charge in [-0.2, -0.15) is 0 Å². The van der Waals surface area contributed by atoms with Gasteiger partial charge < -0.3 is 25.2 Å². The first-order chi connectivity index (χ1) is 6.97. The van der Waals surface area contributed by atoms with Crippen molar-refractivity contribution >= 4 is 0 Å². The van der Waals surface area contributed by atoms with Crippen LogP contribution in [0.1, 0.15) is 13.8 Å². The largest absolute Gasteiger partial charge is 0.394 e. The second-order valence-corrected chi connectivity index (χ2v) is 3.91. The Morgan fingerprint density at radius 3 is 2.40 bits per heavy atom. The SMILES string of the molecule is CC(O)N[C@H]1C(C)O[C@H](CO)[C@H](O)[C@@H]1O. The van der Waals surface area contributed by atoms with Crippen LogP contribution in [0.5, 0.6) is 0 Å². The lowest BCUT2D eigenvalue weighted by atomic mass is 9.93. The first-order valence-electron chi connectivity index (χ1n) is 5.04. The maximum Gasteiger partial charge on any atom is 0.110 e. The second-order valence-electron chi connectivity index (χ2n) is 3.91. The van der Waals surface area contributed by atoms with Gasteiger partial charge in [0.1, 0.15) is 24.5 Å². The van der Waals surface area contributed by atoms with Crippen LogP contribution in [0.4, 0.5) is 0 Å². The molecule has 1 aliphatic heterocycles. The monoisotopic (exact) mass is 221 g/mol. The molecule has 6 nitrogen and oxygen atoms in total. The fourth-order valence-electron chi connectivity index (χ4n) is 1.81. The van der Waals surface area contributed by atoms with Crippen LogP contribution in [0.15, 0.2) is 0 Å². The summed E-state index contributed by atoms with van der Waals surface area (Å²) >= 11 is 0. The highest BCUT2D eigenvalue weighted by Crippen LogP contribution is 2.20. The summed E-state index contributed by atoms with van der Waals surface area (Å²) in [7, 11) is 0. The quantitative estimate of drug-likeness (QED) is 0.346. The van der Waals surface area contributed by atoms with Gasteiger partial charge in [0.2, 0.25) is 0 Å². The summed E-state index contributed by atoms with van der Waals surface area (Å²) in [6.45, 7) is 2.88. The third-order valence-electron chi connectivity index (χ3n) is 2.61. The lowest BCUT2D eigenvalue weighted by Crippen LogP contribution is -2.63. The molecule has 1 aliphatic rings. The van der Waals surface area contributed by atoms with Gasteiger partial charge in [-0.25, -0.2) is 0 Å². The first kappa shape index (κ1) is 12.8. The summed E-state index contributed by atoms with van der Waals surface area (Å²) in [5.41, 5.74) is 0. The summed E-state index contributed by atoms with van der Waals surface area (Å²) in [5.74, 6) is 0. The van der Waals surface area contributed by atoms with Crippen LogP contribution in [-0.4, -0.2) is 63.7 Å². The average Bonchev–Trinajstić information content (AvgIpc) is 2.18. The van der Waals surface area contributed by atoms with Crippen LogP contribution in [0.3, 0.4) is 0 Å². The summed E-state index contributed by atoms with van der Waals surface area (Å²) in [6, 6.07) is -0.553.